The topological polar surface area (TPSA) is 29.3 Å². The van der Waals surface area contributed by atoms with Gasteiger partial charge in [-0.05, 0) is 42.2 Å². The van der Waals surface area contributed by atoms with Gasteiger partial charge in [0.05, 0.1) is 0 Å². The monoisotopic (exact) mass is 264 g/mol. The van der Waals surface area contributed by atoms with Crippen LogP contribution in [-0.2, 0) is 13.0 Å². The van der Waals surface area contributed by atoms with Gasteiger partial charge in [0.25, 0.3) is 0 Å². The van der Waals surface area contributed by atoms with Crippen LogP contribution in [0.5, 0.6) is 0 Å². The number of thiophene rings is 1. The van der Waals surface area contributed by atoms with Crippen LogP contribution >= 0.6 is 11.3 Å². The fourth-order valence-electron chi connectivity index (χ4n) is 3.93. The standard InChI is InChI=1S/C15H24N2S/c1-12-4-2-3-7-15(12,11-16)17-8-5-14-13(10-17)6-9-18-14/h6,9,12H,2-5,7-8,10-11,16H2,1H3. The summed E-state index contributed by atoms with van der Waals surface area (Å²) in [6.45, 7) is 5.57. The summed E-state index contributed by atoms with van der Waals surface area (Å²) in [6.07, 6.45) is 6.62. The Morgan fingerprint density at radius 3 is 3.17 bits per heavy atom. The van der Waals surface area contributed by atoms with Gasteiger partial charge in [-0.3, -0.25) is 4.90 Å². The van der Waals surface area contributed by atoms with Crippen LogP contribution in [0.25, 0.3) is 0 Å². The minimum Gasteiger partial charge on any atom is -0.329 e. The van der Waals surface area contributed by atoms with Gasteiger partial charge in [-0.15, -0.1) is 11.3 Å². The van der Waals surface area contributed by atoms with Crippen molar-refractivity contribution < 1.29 is 0 Å². The summed E-state index contributed by atoms with van der Waals surface area (Å²) in [5.41, 5.74) is 8.04. The van der Waals surface area contributed by atoms with E-state index >= 15 is 0 Å². The minimum absolute atomic E-state index is 0.276. The Hall–Kier alpha value is -0.380. The lowest BCUT2D eigenvalue weighted by Gasteiger charge is -2.51. The zero-order chi connectivity index (χ0) is 12.6. The molecule has 0 spiro atoms. The van der Waals surface area contributed by atoms with Crippen LogP contribution in [0.2, 0.25) is 0 Å². The van der Waals surface area contributed by atoms with E-state index in [9.17, 15) is 0 Å². The Morgan fingerprint density at radius 1 is 1.50 bits per heavy atom. The molecule has 0 saturated heterocycles. The van der Waals surface area contributed by atoms with Gasteiger partial charge < -0.3 is 5.73 Å². The van der Waals surface area contributed by atoms with E-state index in [2.05, 4.69) is 23.3 Å². The fraction of sp³-hybridized carbons (Fsp3) is 0.733. The summed E-state index contributed by atoms with van der Waals surface area (Å²) in [7, 11) is 0. The second-order valence-electron chi connectivity index (χ2n) is 6.00. The van der Waals surface area contributed by atoms with E-state index in [0.717, 1.165) is 19.0 Å². The smallest absolute Gasteiger partial charge is 0.0360 e. The molecule has 2 aliphatic rings. The second-order valence-corrected chi connectivity index (χ2v) is 7.00. The Morgan fingerprint density at radius 2 is 2.39 bits per heavy atom. The lowest BCUT2D eigenvalue weighted by atomic mass is 9.72. The molecule has 1 aliphatic heterocycles. The van der Waals surface area contributed by atoms with E-state index in [1.807, 2.05) is 11.3 Å². The molecule has 2 N–H and O–H groups in total. The maximum absolute atomic E-state index is 6.22. The molecule has 0 bridgehead atoms. The van der Waals surface area contributed by atoms with Crippen molar-refractivity contribution in [3.05, 3.63) is 21.9 Å². The van der Waals surface area contributed by atoms with Crippen molar-refractivity contribution in [1.82, 2.24) is 4.90 Å². The molecular formula is C15H24N2S. The van der Waals surface area contributed by atoms with Gasteiger partial charge in [-0.1, -0.05) is 19.8 Å². The van der Waals surface area contributed by atoms with Gasteiger partial charge >= 0.3 is 0 Å². The number of fused-ring (bicyclic) bond motifs is 1. The van der Waals surface area contributed by atoms with E-state index in [1.54, 1.807) is 10.4 Å². The molecule has 1 aromatic rings. The Bertz CT molecular complexity index is 414. The summed E-state index contributed by atoms with van der Waals surface area (Å²) in [6, 6.07) is 2.31. The number of hydrogen-bond acceptors (Lipinski definition) is 3. The quantitative estimate of drug-likeness (QED) is 0.889. The van der Waals surface area contributed by atoms with Gasteiger partial charge in [-0.2, -0.15) is 0 Å². The molecule has 0 aromatic carbocycles. The van der Waals surface area contributed by atoms with Crippen LogP contribution in [0.3, 0.4) is 0 Å². The van der Waals surface area contributed by atoms with Gasteiger partial charge in [0.15, 0.2) is 0 Å². The molecule has 18 heavy (non-hydrogen) atoms. The van der Waals surface area contributed by atoms with Gasteiger partial charge in [-0.25, -0.2) is 0 Å². The van der Waals surface area contributed by atoms with Crippen molar-refractivity contribution in [1.29, 1.82) is 0 Å². The molecule has 1 saturated carbocycles. The molecule has 1 aliphatic carbocycles. The average molecular weight is 264 g/mol. The summed E-state index contributed by atoms with van der Waals surface area (Å²) in [5.74, 6) is 0.747. The lowest BCUT2D eigenvalue weighted by molar-refractivity contribution is 0.00332. The van der Waals surface area contributed by atoms with Crippen LogP contribution in [0.1, 0.15) is 43.0 Å². The van der Waals surface area contributed by atoms with E-state index in [4.69, 9.17) is 5.73 Å². The Labute approximate surface area is 114 Å². The summed E-state index contributed by atoms with van der Waals surface area (Å²) < 4.78 is 0. The minimum atomic E-state index is 0.276. The van der Waals surface area contributed by atoms with Crippen LogP contribution in [0, 0.1) is 5.92 Å². The molecule has 0 amide bonds. The van der Waals surface area contributed by atoms with Gasteiger partial charge in [0.2, 0.25) is 0 Å². The molecule has 2 unspecified atom stereocenters. The molecule has 3 rings (SSSR count). The summed E-state index contributed by atoms with van der Waals surface area (Å²) >= 11 is 1.92. The Balaban J connectivity index is 1.85. The van der Waals surface area contributed by atoms with Gasteiger partial charge in [0, 0.05) is 30.1 Å². The molecule has 3 heteroatoms. The first-order chi connectivity index (χ1) is 8.76. The molecule has 2 nitrogen and oxygen atoms in total. The molecular weight excluding hydrogens is 240 g/mol. The van der Waals surface area contributed by atoms with Gasteiger partial charge in [0.1, 0.15) is 0 Å². The number of rotatable bonds is 2. The second kappa shape index (κ2) is 4.95. The Kier molecular flexibility index (Phi) is 3.48. The van der Waals surface area contributed by atoms with Crippen molar-refractivity contribution in [3.8, 4) is 0 Å². The van der Waals surface area contributed by atoms with Crippen LogP contribution < -0.4 is 5.73 Å². The van der Waals surface area contributed by atoms with Crippen LogP contribution in [-0.4, -0.2) is 23.5 Å². The highest BCUT2D eigenvalue weighted by molar-refractivity contribution is 7.10. The van der Waals surface area contributed by atoms with Crippen molar-refractivity contribution in [2.24, 2.45) is 11.7 Å². The van der Waals surface area contributed by atoms with E-state index in [-0.39, 0.29) is 5.54 Å². The zero-order valence-corrected chi connectivity index (χ0v) is 12.1. The van der Waals surface area contributed by atoms with E-state index in [1.165, 1.54) is 38.6 Å². The molecule has 1 aromatic heterocycles. The molecule has 1 fully saturated rings. The SMILES string of the molecule is CC1CCCCC1(CN)N1CCc2sccc2C1. The largest absolute Gasteiger partial charge is 0.329 e. The first-order valence-corrected chi connectivity index (χ1v) is 8.14. The van der Waals surface area contributed by atoms with Crippen LogP contribution in [0.4, 0.5) is 0 Å². The first kappa shape index (κ1) is 12.6. The third kappa shape index (κ3) is 1.93. The fourth-order valence-corrected chi connectivity index (χ4v) is 4.82. The van der Waals surface area contributed by atoms with Crippen molar-refractivity contribution in [3.63, 3.8) is 0 Å². The van der Waals surface area contributed by atoms with Crippen molar-refractivity contribution in [2.45, 2.75) is 51.1 Å². The predicted molar refractivity (Wildman–Crippen MR) is 77.9 cm³/mol. The van der Waals surface area contributed by atoms with Crippen molar-refractivity contribution in [2.75, 3.05) is 13.1 Å². The normalized spacial score (nSPS) is 33.3. The highest BCUT2D eigenvalue weighted by atomic mass is 32.1. The highest BCUT2D eigenvalue weighted by Crippen LogP contribution is 2.40. The average Bonchev–Trinajstić information content (AvgIpc) is 2.87. The van der Waals surface area contributed by atoms with E-state index < -0.39 is 0 Å². The number of nitrogens with zero attached hydrogens (tertiary/aromatic N) is 1. The maximum Gasteiger partial charge on any atom is 0.0360 e. The highest BCUT2D eigenvalue weighted by Gasteiger charge is 2.42. The third-order valence-electron chi connectivity index (χ3n) is 5.21. The third-order valence-corrected chi connectivity index (χ3v) is 6.23. The maximum atomic E-state index is 6.22. The molecule has 2 atom stereocenters. The first-order valence-electron chi connectivity index (χ1n) is 7.26. The summed E-state index contributed by atoms with van der Waals surface area (Å²) in [5, 5.41) is 2.24. The summed E-state index contributed by atoms with van der Waals surface area (Å²) in [4.78, 5) is 4.30. The predicted octanol–water partition coefficient (Wildman–Crippen LogP) is 3.01. The molecule has 0 radical (unpaired) electrons. The number of nitrogens with two attached hydrogens (primary N) is 1. The lowest BCUT2D eigenvalue weighted by Crippen LogP contribution is -2.60. The molecule has 2 heterocycles. The zero-order valence-electron chi connectivity index (χ0n) is 11.3. The number of hydrogen-bond donors (Lipinski definition) is 1. The molecule has 100 valence electrons. The van der Waals surface area contributed by atoms with Crippen LogP contribution in [0.15, 0.2) is 11.4 Å². The van der Waals surface area contributed by atoms with Crippen molar-refractivity contribution >= 4 is 11.3 Å². The van der Waals surface area contributed by atoms with E-state index in [0.29, 0.717) is 0 Å².